The average molecular weight is 356 g/mol. The van der Waals surface area contributed by atoms with E-state index in [0.717, 1.165) is 27.2 Å². The van der Waals surface area contributed by atoms with E-state index in [0.29, 0.717) is 11.3 Å². The first-order chi connectivity index (χ1) is 12.1. The number of fused-ring (bicyclic) bond motifs is 1. The Kier molecular flexibility index (Phi) is 4.99. The van der Waals surface area contributed by atoms with Crippen LogP contribution in [0.4, 0.5) is 0 Å². The number of nitrogens with zero attached hydrogens (tertiary/aromatic N) is 1. The summed E-state index contributed by atoms with van der Waals surface area (Å²) < 4.78 is 10.6. The van der Waals surface area contributed by atoms with Crippen LogP contribution in [0.3, 0.4) is 0 Å². The summed E-state index contributed by atoms with van der Waals surface area (Å²) in [5.41, 5.74) is 2.11. The summed E-state index contributed by atoms with van der Waals surface area (Å²) in [6.07, 6.45) is 1.94. The van der Waals surface area contributed by atoms with E-state index < -0.39 is 12.0 Å². The largest absolute Gasteiger partial charge is 0.496 e. The topological polar surface area (TPSA) is 59.9 Å². The molecular weight excluding hydrogens is 336 g/mol. The maximum Gasteiger partial charge on any atom is 0.338 e. The van der Waals surface area contributed by atoms with Gasteiger partial charge in [-0.25, -0.2) is 9.79 Å². The third-order valence-corrected chi connectivity index (χ3v) is 4.84. The molecule has 0 radical (unpaired) electrons. The normalized spacial score (nSPS) is 17.1. The van der Waals surface area contributed by atoms with Crippen molar-refractivity contribution in [1.29, 1.82) is 0 Å². The average Bonchev–Trinajstić information content (AvgIpc) is 2.65. The second-order valence-electron chi connectivity index (χ2n) is 5.60. The highest BCUT2D eigenvalue weighted by Gasteiger charge is 2.32. The van der Waals surface area contributed by atoms with Crippen molar-refractivity contribution in [2.45, 2.75) is 13.0 Å². The number of carbonyl (C=O) groups excluding carboxylic acids is 1. The fourth-order valence-corrected chi connectivity index (χ4v) is 3.54. The Hall–Kier alpha value is -2.47. The first kappa shape index (κ1) is 17.4. The first-order valence-electron chi connectivity index (χ1n) is 7.84. The first-order valence-corrected chi connectivity index (χ1v) is 9.06. The Balaban J connectivity index is 2.31. The Labute approximate surface area is 151 Å². The standard InChI is InChI=1S/C19H20N2O3S/c1-11-15(18(22)24-3)17(21-19(20-11)25-4)16-13-8-6-5-7-12(13)9-10-14(16)23-2/h5-10,17H,1-4H3,(H,20,21)/t17-/m0/s1. The molecule has 0 saturated heterocycles. The molecule has 3 rings (SSSR count). The van der Waals surface area contributed by atoms with Gasteiger partial charge in [0.2, 0.25) is 0 Å². The zero-order valence-corrected chi connectivity index (χ0v) is 15.4. The molecule has 6 heteroatoms. The van der Waals surface area contributed by atoms with Gasteiger partial charge in [-0.15, -0.1) is 0 Å². The number of allylic oxidation sites excluding steroid dienone is 1. The van der Waals surface area contributed by atoms with Crippen LogP contribution in [-0.2, 0) is 9.53 Å². The molecule has 0 aromatic heterocycles. The van der Waals surface area contributed by atoms with Crippen LogP contribution in [0.25, 0.3) is 10.8 Å². The van der Waals surface area contributed by atoms with Gasteiger partial charge < -0.3 is 14.8 Å². The lowest BCUT2D eigenvalue weighted by Gasteiger charge is -2.27. The lowest BCUT2D eigenvalue weighted by atomic mass is 9.91. The summed E-state index contributed by atoms with van der Waals surface area (Å²) >= 11 is 1.50. The molecule has 5 nitrogen and oxygen atoms in total. The predicted molar refractivity (Wildman–Crippen MR) is 102 cm³/mol. The quantitative estimate of drug-likeness (QED) is 0.851. The van der Waals surface area contributed by atoms with Gasteiger partial charge in [-0.2, -0.15) is 0 Å². The van der Waals surface area contributed by atoms with Crippen molar-refractivity contribution >= 4 is 33.7 Å². The highest BCUT2D eigenvalue weighted by atomic mass is 32.2. The zero-order chi connectivity index (χ0) is 18.0. The third kappa shape index (κ3) is 3.09. The molecule has 2 aromatic rings. The fraction of sp³-hybridized carbons (Fsp3) is 0.263. The highest BCUT2D eigenvalue weighted by Crippen LogP contribution is 2.41. The van der Waals surface area contributed by atoms with Crippen LogP contribution < -0.4 is 10.1 Å². The van der Waals surface area contributed by atoms with Crippen LogP contribution in [-0.4, -0.2) is 31.6 Å². The fourth-order valence-electron chi connectivity index (χ4n) is 3.07. The maximum absolute atomic E-state index is 12.5. The number of hydrogen-bond donors (Lipinski definition) is 1. The number of ether oxygens (including phenoxy) is 2. The van der Waals surface area contributed by atoms with Gasteiger partial charge in [0.1, 0.15) is 11.8 Å². The molecule has 130 valence electrons. The van der Waals surface area contributed by atoms with Crippen molar-refractivity contribution in [3.63, 3.8) is 0 Å². The molecule has 0 spiro atoms. The Morgan fingerprint density at radius 1 is 1.20 bits per heavy atom. The molecule has 0 bridgehead atoms. The molecule has 1 heterocycles. The lowest BCUT2D eigenvalue weighted by molar-refractivity contribution is -0.136. The van der Waals surface area contributed by atoms with Crippen LogP contribution >= 0.6 is 11.8 Å². The van der Waals surface area contributed by atoms with Gasteiger partial charge in [0.15, 0.2) is 5.17 Å². The van der Waals surface area contributed by atoms with E-state index in [1.807, 2.05) is 49.6 Å². The van der Waals surface area contributed by atoms with E-state index in [1.54, 1.807) is 7.11 Å². The molecule has 0 saturated carbocycles. The maximum atomic E-state index is 12.5. The Morgan fingerprint density at radius 3 is 2.64 bits per heavy atom. The van der Waals surface area contributed by atoms with Crippen molar-refractivity contribution in [1.82, 2.24) is 5.32 Å². The van der Waals surface area contributed by atoms with E-state index in [1.165, 1.54) is 18.9 Å². The SMILES string of the molecule is COC(=O)C1=C(C)NC(SC)=N[C@@H]1c1c(OC)ccc2ccccc12. The molecule has 1 aliphatic rings. The van der Waals surface area contributed by atoms with Gasteiger partial charge in [0.05, 0.1) is 19.8 Å². The number of aliphatic imine (C=N–C) groups is 1. The zero-order valence-electron chi connectivity index (χ0n) is 14.6. The molecule has 0 fully saturated rings. The smallest absolute Gasteiger partial charge is 0.338 e. The monoisotopic (exact) mass is 356 g/mol. The lowest BCUT2D eigenvalue weighted by Crippen LogP contribution is -2.30. The minimum atomic E-state index is -0.489. The highest BCUT2D eigenvalue weighted by molar-refractivity contribution is 8.13. The summed E-state index contributed by atoms with van der Waals surface area (Å²) in [4.78, 5) is 17.2. The van der Waals surface area contributed by atoms with Gasteiger partial charge in [0, 0.05) is 11.3 Å². The number of thioether (sulfide) groups is 1. The molecular formula is C19H20N2O3S. The molecule has 0 amide bonds. The number of esters is 1. The molecule has 0 unspecified atom stereocenters. The van der Waals surface area contributed by atoms with E-state index in [-0.39, 0.29) is 0 Å². The van der Waals surface area contributed by atoms with Gasteiger partial charge in [-0.05, 0) is 30.0 Å². The number of rotatable bonds is 3. The summed E-state index contributed by atoms with van der Waals surface area (Å²) in [7, 11) is 3.01. The molecule has 1 N–H and O–H groups in total. The number of nitrogens with one attached hydrogen (secondary N) is 1. The van der Waals surface area contributed by atoms with Crippen LogP contribution in [0.1, 0.15) is 18.5 Å². The molecule has 25 heavy (non-hydrogen) atoms. The predicted octanol–water partition coefficient (Wildman–Crippen LogP) is 3.66. The second-order valence-corrected chi connectivity index (χ2v) is 6.39. The molecule has 2 aromatic carbocycles. The van der Waals surface area contributed by atoms with Crippen LogP contribution in [0.5, 0.6) is 5.75 Å². The van der Waals surface area contributed by atoms with Gasteiger partial charge >= 0.3 is 5.97 Å². The molecule has 1 atom stereocenters. The third-order valence-electron chi connectivity index (χ3n) is 4.24. The number of carbonyl (C=O) groups is 1. The van der Waals surface area contributed by atoms with Crippen molar-refractivity contribution in [2.24, 2.45) is 4.99 Å². The van der Waals surface area contributed by atoms with Gasteiger partial charge in [0.25, 0.3) is 0 Å². The van der Waals surface area contributed by atoms with Crippen LogP contribution in [0, 0.1) is 0 Å². The van der Waals surface area contributed by atoms with Crippen molar-refractivity contribution in [3.05, 3.63) is 53.2 Å². The number of amidine groups is 1. The summed E-state index contributed by atoms with van der Waals surface area (Å²) in [5.74, 6) is 0.304. The summed E-state index contributed by atoms with van der Waals surface area (Å²) in [6.45, 7) is 1.86. The van der Waals surface area contributed by atoms with E-state index in [2.05, 4.69) is 5.32 Å². The van der Waals surface area contributed by atoms with E-state index in [4.69, 9.17) is 14.5 Å². The number of benzene rings is 2. The number of hydrogen-bond acceptors (Lipinski definition) is 6. The second kappa shape index (κ2) is 7.19. The van der Waals surface area contributed by atoms with Crippen molar-refractivity contribution in [2.75, 3.05) is 20.5 Å². The molecule has 0 aliphatic carbocycles. The number of methoxy groups -OCH3 is 2. The summed E-state index contributed by atoms with van der Waals surface area (Å²) in [6, 6.07) is 11.4. The minimum absolute atomic E-state index is 0.395. The van der Waals surface area contributed by atoms with Gasteiger partial charge in [-0.3, -0.25) is 0 Å². The van der Waals surface area contributed by atoms with Crippen LogP contribution in [0.2, 0.25) is 0 Å². The van der Waals surface area contributed by atoms with E-state index in [9.17, 15) is 4.79 Å². The minimum Gasteiger partial charge on any atom is -0.496 e. The molecule has 1 aliphatic heterocycles. The van der Waals surface area contributed by atoms with E-state index >= 15 is 0 Å². The Bertz CT molecular complexity index is 889. The van der Waals surface area contributed by atoms with Crippen LogP contribution in [0.15, 0.2) is 52.7 Å². The van der Waals surface area contributed by atoms with Crippen molar-refractivity contribution < 1.29 is 14.3 Å². The van der Waals surface area contributed by atoms with Gasteiger partial charge in [-0.1, -0.05) is 42.1 Å². The van der Waals surface area contributed by atoms with Crippen molar-refractivity contribution in [3.8, 4) is 5.75 Å². The Morgan fingerprint density at radius 2 is 1.96 bits per heavy atom. The summed E-state index contributed by atoms with van der Waals surface area (Å²) in [5, 5.41) is 6.00.